The van der Waals surface area contributed by atoms with Crippen molar-refractivity contribution >= 4 is 22.5 Å². The predicted octanol–water partition coefficient (Wildman–Crippen LogP) is 5.59. The number of ether oxygens (including phenoxy) is 1. The summed E-state index contributed by atoms with van der Waals surface area (Å²) in [6.07, 6.45) is 2.14. The first kappa shape index (κ1) is 21.1. The van der Waals surface area contributed by atoms with Crippen molar-refractivity contribution < 1.29 is 17.9 Å². The monoisotopic (exact) mass is 438 g/mol. The van der Waals surface area contributed by atoms with Crippen LogP contribution in [0.5, 0.6) is 5.75 Å². The molecule has 162 valence electrons. The Labute approximate surface area is 181 Å². The molecule has 10 heteroatoms. The molecule has 0 saturated heterocycles. The van der Waals surface area contributed by atoms with Gasteiger partial charge in [0.15, 0.2) is 0 Å². The average molecular weight is 438 g/mol. The third-order valence-electron chi connectivity index (χ3n) is 4.65. The number of halogens is 3. The molecular formula is C22H17F3N6O. The second-order valence-corrected chi connectivity index (χ2v) is 7.23. The Kier molecular flexibility index (Phi) is 5.40. The third kappa shape index (κ3) is 4.46. The molecule has 3 aromatic heterocycles. The summed E-state index contributed by atoms with van der Waals surface area (Å²) in [5, 5.41) is 13.0. The zero-order valence-corrected chi connectivity index (χ0v) is 17.1. The van der Waals surface area contributed by atoms with Crippen molar-refractivity contribution in [2.45, 2.75) is 26.3 Å². The zero-order valence-electron chi connectivity index (χ0n) is 17.1. The summed E-state index contributed by atoms with van der Waals surface area (Å²) < 4.78 is 43.9. The second-order valence-electron chi connectivity index (χ2n) is 7.23. The van der Waals surface area contributed by atoms with E-state index >= 15 is 0 Å². The van der Waals surface area contributed by atoms with Crippen molar-refractivity contribution in [3.63, 3.8) is 0 Å². The van der Waals surface area contributed by atoms with Gasteiger partial charge in [-0.05, 0) is 38.1 Å². The highest BCUT2D eigenvalue weighted by Crippen LogP contribution is 2.32. The van der Waals surface area contributed by atoms with Crippen LogP contribution in [0.3, 0.4) is 0 Å². The fourth-order valence-electron chi connectivity index (χ4n) is 3.36. The fraction of sp³-hybridized carbons (Fsp3) is 0.182. The summed E-state index contributed by atoms with van der Waals surface area (Å²) in [4.78, 5) is 12.9. The quantitative estimate of drug-likeness (QED) is 0.437. The number of hydrogen-bond donors (Lipinski definition) is 1. The Hall–Kier alpha value is -4.13. The smallest absolute Gasteiger partial charge is 0.406 e. The first-order chi connectivity index (χ1) is 15.2. The molecule has 4 rings (SSSR count). The third-order valence-corrected chi connectivity index (χ3v) is 4.65. The van der Waals surface area contributed by atoms with Crippen LogP contribution in [-0.2, 0) is 0 Å². The molecule has 0 bridgehead atoms. The molecule has 0 fully saturated rings. The largest absolute Gasteiger partial charge is 0.573 e. The molecule has 0 amide bonds. The number of aromatic nitrogens is 4. The lowest BCUT2D eigenvalue weighted by molar-refractivity contribution is -0.274. The van der Waals surface area contributed by atoms with Crippen molar-refractivity contribution in [1.82, 2.24) is 19.5 Å². The Morgan fingerprint density at radius 3 is 2.69 bits per heavy atom. The molecule has 4 aromatic rings. The Balaban J connectivity index is 1.71. The molecule has 1 N–H and O–H groups in total. The molecule has 0 aliphatic heterocycles. The highest BCUT2D eigenvalue weighted by molar-refractivity contribution is 5.94. The number of nitriles is 1. The summed E-state index contributed by atoms with van der Waals surface area (Å²) in [5.74, 6) is -0.349. The van der Waals surface area contributed by atoms with Crippen LogP contribution in [0.4, 0.5) is 24.8 Å². The molecule has 32 heavy (non-hydrogen) atoms. The summed E-state index contributed by atoms with van der Waals surface area (Å²) in [6, 6.07) is 9.18. The number of nitrogens with zero attached hydrogens (tertiary/aromatic N) is 5. The lowest BCUT2D eigenvalue weighted by Crippen LogP contribution is -2.17. The molecule has 0 unspecified atom stereocenters. The predicted molar refractivity (Wildman–Crippen MR) is 112 cm³/mol. The van der Waals surface area contributed by atoms with Gasteiger partial charge < -0.3 is 14.6 Å². The van der Waals surface area contributed by atoms with E-state index in [1.807, 2.05) is 18.3 Å². The first-order valence-corrected chi connectivity index (χ1v) is 9.59. The average Bonchev–Trinajstić information content (AvgIpc) is 3.12. The molecule has 0 aliphatic carbocycles. The van der Waals surface area contributed by atoms with Gasteiger partial charge in [-0.15, -0.1) is 13.2 Å². The number of nitrogens with one attached hydrogen (secondary N) is 1. The summed E-state index contributed by atoms with van der Waals surface area (Å²) in [7, 11) is 0. The van der Waals surface area contributed by atoms with Gasteiger partial charge in [0.25, 0.3) is 0 Å². The summed E-state index contributed by atoms with van der Waals surface area (Å²) in [6.45, 7) is 4.12. The first-order valence-electron chi connectivity index (χ1n) is 9.59. The number of alkyl halides is 3. The van der Waals surface area contributed by atoms with E-state index in [9.17, 15) is 13.2 Å². The summed E-state index contributed by atoms with van der Waals surface area (Å²) >= 11 is 0. The molecule has 0 atom stereocenters. The molecule has 7 nitrogen and oxygen atoms in total. The fourth-order valence-corrected chi connectivity index (χ4v) is 3.36. The lowest BCUT2D eigenvalue weighted by atomic mass is 10.1. The topological polar surface area (TPSA) is 88.7 Å². The van der Waals surface area contributed by atoms with E-state index in [-0.39, 0.29) is 23.2 Å². The molecule has 0 spiro atoms. The van der Waals surface area contributed by atoms with Gasteiger partial charge in [0.1, 0.15) is 5.75 Å². The maximum atomic E-state index is 12.6. The van der Waals surface area contributed by atoms with E-state index in [0.29, 0.717) is 5.69 Å². The van der Waals surface area contributed by atoms with E-state index < -0.39 is 12.1 Å². The Bertz CT molecular complexity index is 1320. The standard InChI is InChI=1S/C22H17F3N6O/c1-13(2)31-12-18(17-3-5-27-11-20(17)31)19-4-6-28-21(30-19)29-15-7-14(10-26)8-16(9-15)32-22(23,24)25/h3-9,11-13H,1-2H3,(H,28,29,30). The number of rotatable bonds is 5. The van der Waals surface area contributed by atoms with Crippen molar-refractivity contribution in [1.29, 1.82) is 5.26 Å². The van der Waals surface area contributed by atoms with E-state index in [1.165, 1.54) is 6.07 Å². The minimum atomic E-state index is -4.87. The van der Waals surface area contributed by atoms with Crippen LogP contribution in [0.15, 0.2) is 55.1 Å². The molecule has 0 aliphatic rings. The van der Waals surface area contributed by atoms with Crippen LogP contribution in [0.25, 0.3) is 22.2 Å². The lowest BCUT2D eigenvalue weighted by Gasteiger charge is -2.12. The second kappa shape index (κ2) is 8.19. The number of pyridine rings is 1. The Morgan fingerprint density at radius 1 is 1.16 bits per heavy atom. The van der Waals surface area contributed by atoms with Gasteiger partial charge in [-0.3, -0.25) is 4.98 Å². The van der Waals surface area contributed by atoms with E-state index in [2.05, 4.69) is 43.4 Å². The summed E-state index contributed by atoms with van der Waals surface area (Å²) in [5.41, 5.74) is 2.64. The molecule has 1 aromatic carbocycles. The van der Waals surface area contributed by atoms with Crippen molar-refractivity contribution in [3.05, 3.63) is 60.7 Å². The van der Waals surface area contributed by atoms with Gasteiger partial charge in [0.2, 0.25) is 5.95 Å². The van der Waals surface area contributed by atoms with Crippen LogP contribution in [0.2, 0.25) is 0 Å². The van der Waals surface area contributed by atoms with E-state index in [4.69, 9.17) is 5.26 Å². The molecule has 0 radical (unpaired) electrons. The van der Waals surface area contributed by atoms with Gasteiger partial charge in [0, 0.05) is 47.3 Å². The van der Waals surface area contributed by atoms with Crippen LogP contribution in [-0.4, -0.2) is 25.9 Å². The minimum absolute atomic E-state index is 0.00194. The minimum Gasteiger partial charge on any atom is -0.406 e. The van der Waals surface area contributed by atoms with Gasteiger partial charge >= 0.3 is 6.36 Å². The van der Waals surface area contributed by atoms with Crippen LogP contribution >= 0.6 is 0 Å². The van der Waals surface area contributed by atoms with Crippen molar-refractivity contribution in [2.75, 3.05) is 5.32 Å². The molecule has 0 saturated carbocycles. The highest BCUT2D eigenvalue weighted by atomic mass is 19.4. The Morgan fingerprint density at radius 2 is 1.97 bits per heavy atom. The molecule has 3 heterocycles. The van der Waals surface area contributed by atoms with Gasteiger partial charge in [-0.1, -0.05) is 0 Å². The van der Waals surface area contributed by atoms with Crippen molar-refractivity contribution in [3.8, 4) is 23.1 Å². The number of hydrogen-bond acceptors (Lipinski definition) is 6. The zero-order chi connectivity index (χ0) is 22.9. The van der Waals surface area contributed by atoms with Gasteiger partial charge in [-0.2, -0.15) is 5.26 Å². The van der Waals surface area contributed by atoms with Crippen LogP contribution < -0.4 is 10.1 Å². The maximum absolute atomic E-state index is 12.6. The van der Waals surface area contributed by atoms with Crippen LogP contribution in [0.1, 0.15) is 25.5 Å². The molecular weight excluding hydrogens is 421 g/mol. The van der Waals surface area contributed by atoms with E-state index in [1.54, 1.807) is 24.7 Å². The normalized spacial score (nSPS) is 11.5. The van der Waals surface area contributed by atoms with Crippen molar-refractivity contribution in [2.24, 2.45) is 0 Å². The number of benzene rings is 1. The van der Waals surface area contributed by atoms with Crippen LogP contribution in [0, 0.1) is 11.3 Å². The number of fused-ring (bicyclic) bond motifs is 1. The highest BCUT2D eigenvalue weighted by Gasteiger charge is 2.31. The van der Waals surface area contributed by atoms with Gasteiger partial charge in [0.05, 0.1) is 29.0 Å². The number of anilines is 2. The van der Waals surface area contributed by atoms with Gasteiger partial charge in [-0.25, -0.2) is 9.97 Å². The maximum Gasteiger partial charge on any atom is 0.573 e. The SMILES string of the molecule is CC(C)n1cc(-c2ccnc(Nc3cc(C#N)cc(OC(F)(F)F)c3)n2)c2ccncc21. The van der Waals surface area contributed by atoms with E-state index in [0.717, 1.165) is 28.6 Å².